The number of nitrogens with one attached hydrogen (secondary N) is 2. The van der Waals surface area contributed by atoms with Gasteiger partial charge in [-0.3, -0.25) is 5.43 Å². The van der Waals surface area contributed by atoms with E-state index in [2.05, 4.69) is 42.7 Å². The van der Waals surface area contributed by atoms with Crippen LogP contribution in [-0.4, -0.2) is 24.5 Å². The number of rotatable bonds is 9. The first-order valence-electron chi connectivity index (χ1n) is 9.61. The van der Waals surface area contributed by atoms with Crippen molar-refractivity contribution in [3.05, 3.63) is 53.1 Å². The van der Waals surface area contributed by atoms with Crippen molar-refractivity contribution < 1.29 is 9.47 Å². The fourth-order valence-corrected chi connectivity index (χ4v) is 2.68. The molecule has 2 rings (SSSR count). The highest BCUT2D eigenvalue weighted by Crippen LogP contribution is 2.28. The van der Waals surface area contributed by atoms with Crippen LogP contribution in [0.5, 0.6) is 11.5 Å². The normalized spacial score (nSPS) is 10.7. The van der Waals surface area contributed by atoms with Crippen molar-refractivity contribution >= 4 is 29.2 Å². The molecule has 0 aliphatic heterocycles. The number of aryl methyl sites for hydroxylation is 1. The molecule has 0 fully saturated rings. The van der Waals surface area contributed by atoms with Crippen LogP contribution in [-0.2, 0) is 0 Å². The molecule has 2 aromatic carbocycles. The van der Waals surface area contributed by atoms with E-state index >= 15 is 0 Å². The van der Waals surface area contributed by atoms with Crippen LogP contribution in [0.3, 0.4) is 0 Å². The molecule has 0 bridgehead atoms. The Balaban J connectivity index is 1.97. The van der Waals surface area contributed by atoms with Crippen LogP contribution in [0.4, 0.5) is 5.69 Å². The van der Waals surface area contributed by atoms with Crippen LogP contribution in [0.2, 0.25) is 0 Å². The van der Waals surface area contributed by atoms with Gasteiger partial charge in [0.15, 0.2) is 16.6 Å². The molecule has 0 atom stereocenters. The lowest BCUT2D eigenvalue weighted by atomic mass is 10.1. The Hall–Kier alpha value is -2.60. The van der Waals surface area contributed by atoms with Crippen molar-refractivity contribution in [2.45, 2.75) is 40.5 Å². The van der Waals surface area contributed by atoms with Crippen LogP contribution in [0.15, 0.2) is 41.5 Å². The van der Waals surface area contributed by atoms with Gasteiger partial charge in [0.1, 0.15) is 0 Å². The van der Waals surface area contributed by atoms with Gasteiger partial charge < -0.3 is 14.8 Å². The number of hydrogen-bond donors (Lipinski definition) is 2. The van der Waals surface area contributed by atoms with Gasteiger partial charge in [0.2, 0.25) is 0 Å². The smallest absolute Gasteiger partial charge is 0.191 e. The summed E-state index contributed by atoms with van der Waals surface area (Å²) in [6, 6.07) is 11.8. The number of hydrazone groups is 1. The molecule has 0 amide bonds. The van der Waals surface area contributed by atoms with Crippen molar-refractivity contribution in [3.8, 4) is 11.5 Å². The second-order valence-electron chi connectivity index (χ2n) is 6.41. The van der Waals surface area contributed by atoms with Crippen LogP contribution < -0.4 is 20.2 Å². The minimum atomic E-state index is 0.439. The molecule has 0 aliphatic carbocycles. The Morgan fingerprint density at radius 1 is 1.11 bits per heavy atom. The van der Waals surface area contributed by atoms with Crippen molar-refractivity contribution in [1.82, 2.24) is 5.43 Å². The zero-order valence-corrected chi connectivity index (χ0v) is 17.9. The lowest BCUT2D eigenvalue weighted by Gasteiger charge is -2.12. The van der Waals surface area contributed by atoms with Gasteiger partial charge in [0.05, 0.1) is 19.4 Å². The standard InChI is InChI=1S/C22H29N3O2S/c1-5-7-13-27-20-12-11-18(14-21(20)26-6-2)15-23-25-22(28)24-19-10-8-9-16(3)17(19)4/h8-12,14-15H,5-7,13H2,1-4H3,(H2,24,25,28). The lowest BCUT2D eigenvalue weighted by molar-refractivity contribution is 0.272. The van der Waals surface area contributed by atoms with E-state index in [1.165, 1.54) is 5.56 Å². The van der Waals surface area contributed by atoms with Gasteiger partial charge >= 0.3 is 0 Å². The van der Waals surface area contributed by atoms with Gasteiger partial charge in [0, 0.05) is 5.69 Å². The topological polar surface area (TPSA) is 54.9 Å². The molecular weight excluding hydrogens is 370 g/mol. The molecule has 0 saturated carbocycles. The first kappa shape index (κ1) is 21.7. The molecule has 0 saturated heterocycles. The fourth-order valence-electron chi connectivity index (χ4n) is 2.52. The summed E-state index contributed by atoms with van der Waals surface area (Å²) in [4.78, 5) is 0. The average Bonchev–Trinajstić information content (AvgIpc) is 2.67. The molecule has 6 heteroatoms. The monoisotopic (exact) mass is 399 g/mol. The summed E-state index contributed by atoms with van der Waals surface area (Å²) in [5.41, 5.74) is 7.09. The molecule has 0 aromatic heterocycles. The summed E-state index contributed by atoms with van der Waals surface area (Å²) in [5, 5.41) is 7.83. The van der Waals surface area contributed by atoms with E-state index in [1.807, 2.05) is 37.3 Å². The van der Waals surface area contributed by atoms with Crippen molar-refractivity contribution in [1.29, 1.82) is 0 Å². The molecule has 28 heavy (non-hydrogen) atoms. The molecule has 2 aromatic rings. The predicted octanol–water partition coefficient (Wildman–Crippen LogP) is 5.20. The van der Waals surface area contributed by atoms with E-state index in [9.17, 15) is 0 Å². The number of unbranched alkanes of at least 4 members (excludes halogenated alkanes) is 1. The molecule has 0 heterocycles. The van der Waals surface area contributed by atoms with Gasteiger partial charge in [-0.15, -0.1) is 0 Å². The number of nitrogens with zero attached hydrogens (tertiary/aromatic N) is 1. The van der Waals surface area contributed by atoms with Crippen LogP contribution in [0, 0.1) is 13.8 Å². The number of anilines is 1. The molecule has 0 aliphatic rings. The number of thiocarbonyl (C=S) groups is 1. The second-order valence-corrected chi connectivity index (χ2v) is 6.82. The van der Waals surface area contributed by atoms with Crippen molar-refractivity contribution in [3.63, 3.8) is 0 Å². The fraction of sp³-hybridized carbons (Fsp3) is 0.364. The van der Waals surface area contributed by atoms with Crippen molar-refractivity contribution in [2.24, 2.45) is 5.10 Å². The molecule has 5 nitrogen and oxygen atoms in total. The van der Waals surface area contributed by atoms with Gasteiger partial charge in [-0.05, 0) is 80.4 Å². The molecule has 2 N–H and O–H groups in total. The number of ether oxygens (including phenoxy) is 2. The SMILES string of the molecule is CCCCOc1ccc(C=NNC(=S)Nc2cccc(C)c2C)cc1OCC. The Morgan fingerprint density at radius 3 is 2.68 bits per heavy atom. The first-order chi connectivity index (χ1) is 13.5. The van der Waals surface area contributed by atoms with Gasteiger partial charge in [0.25, 0.3) is 0 Å². The van der Waals surface area contributed by atoms with Crippen molar-refractivity contribution in [2.75, 3.05) is 18.5 Å². The molecule has 150 valence electrons. The summed E-state index contributed by atoms with van der Waals surface area (Å²) in [6.45, 7) is 9.48. The third kappa shape index (κ3) is 6.53. The van der Waals surface area contributed by atoms with Gasteiger partial charge in [-0.2, -0.15) is 5.10 Å². The Bertz CT molecular complexity index is 821. The highest BCUT2D eigenvalue weighted by Gasteiger charge is 2.06. The van der Waals surface area contributed by atoms with E-state index in [-0.39, 0.29) is 0 Å². The third-order valence-corrected chi connectivity index (χ3v) is 4.45. The Labute approximate surface area is 173 Å². The maximum atomic E-state index is 5.80. The molecular formula is C22H29N3O2S. The summed E-state index contributed by atoms with van der Waals surface area (Å²) in [5.74, 6) is 1.48. The van der Waals surface area contributed by atoms with E-state index in [4.69, 9.17) is 21.7 Å². The van der Waals surface area contributed by atoms with E-state index in [0.29, 0.717) is 18.3 Å². The maximum absolute atomic E-state index is 5.80. The summed E-state index contributed by atoms with van der Waals surface area (Å²) >= 11 is 5.32. The Morgan fingerprint density at radius 2 is 1.93 bits per heavy atom. The lowest BCUT2D eigenvalue weighted by Crippen LogP contribution is -2.24. The summed E-state index contributed by atoms with van der Waals surface area (Å²) in [6.07, 6.45) is 3.81. The maximum Gasteiger partial charge on any atom is 0.191 e. The highest BCUT2D eigenvalue weighted by atomic mass is 32.1. The van der Waals surface area contributed by atoms with Crippen LogP contribution >= 0.6 is 12.2 Å². The molecule has 0 spiro atoms. The first-order valence-corrected chi connectivity index (χ1v) is 10.0. The second kappa shape index (κ2) is 11.3. The molecule has 0 radical (unpaired) electrons. The Kier molecular flexibility index (Phi) is 8.75. The van der Waals surface area contributed by atoms with E-state index < -0.39 is 0 Å². The zero-order chi connectivity index (χ0) is 20.4. The molecule has 0 unspecified atom stereocenters. The predicted molar refractivity (Wildman–Crippen MR) is 121 cm³/mol. The van der Waals surface area contributed by atoms with Crippen LogP contribution in [0.1, 0.15) is 43.4 Å². The largest absolute Gasteiger partial charge is 0.490 e. The number of benzene rings is 2. The third-order valence-electron chi connectivity index (χ3n) is 4.26. The van der Waals surface area contributed by atoms with E-state index in [1.54, 1.807) is 6.21 Å². The summed E-state index contributed by atoms with van der Waals surface area (Å²) < 4.78 is 11.5. The van der Waals surface area contributed by atoms with E-state index in [0.717, 1.165) is 41.2 Å². The van der Waals surface area contributed by atoms with Gasteiger partial charge in [-0.1, -0.05) is 25.5 Å². The number of hydrogen-bond acceptors (Lipinski definition) is 4. The minimum Gasteiger partial charge on any atom is -0.490 e. The van der Waals surface area contributed by atoms with Crippen LogP contribution in [0.25, 0.3) is 0 Å². The average molecular weight is 400 g/mol. The summed E-state index contributed by atoms with van der Waals surface area (Å²) in [7, 11) is 0. The minimum absolute atomic E-state index is 0.439. The quantitative estimate of drug-likeness (QED) is 0.263. The zero-order valence-electron chi connectivity index (χ0n) is 17.0. The highest BCUT2D eigenvalue weighted by molar-refractivity contribution is 7.80. The van der Waals surface area contributed by atoms with Gasteiger partial charge in [-0.25, -0.2) is 0 Å².